The fourth-order valence-electron chi connectivity index (χ4n) is 1.58. The lowest BCUT2D eigenvalue weighted by Crippen LogP contribution is -2.50. The summed E-state index contributed by atoms with van der Waals surface area (Å²) in [5.41, 5.74) is 0. The molecule has 1 unspecified atom stereocenters. The van der Waals surface area contributed by atoms with Gasteiger partial charge in [0.25, 0.3) is 0 Å². The summed E-state index contributed by atoms with van der Waals surface area (Å²) in [7, 11) is 0. The van der Waals surface area contributed by atoms with Crippen LogP contribution < -0.4 is 0 Å². The molecule has 1 aliphatic rings. The Bertz CT molecular complexity index is 97.2. The zero-order valence-electron chi connectivity index (χ0n) is 9.43. The van der Waals surface area contributed by atoms with Crippen molar-refractivity contribution in [1.29, 1.82) is 0 Å². The van der Waals surface area contributed by atoms with Crippen LogP contribution in [-0.4, -0.2) is 23.5 Å². The minimum absolute atomic E-state index is 0.767. The van der Waals surface area contributed by atoms with Crippen LogP contribution in [0.25, 0.3) is 0 Å². The minimum Gasteiger partial charge on any atom is -0.298 e. The van der Waals surface area contributed by atoms with Crippen molar-refractivity contribution in [3.05, 3.63) is 0 Å². The Morgan fingerprint density at radius 2 is 1.75 bits per heavy atom. The highest BCUT2D eigenvalue weighted by Crippen LogP contribution is 2.22. The minimum atomic E-state index is 0.767. The number of rotatable bonds is 2. The van der Waals surface area contributed by atoms with Crippen LogP contribution in [0.5, 0.6) is 0 Å². The lowest BCUT2D eigenvalue weighted by atomic mass is 9.98. The van der Waals surface area contributed by atoms with Gasteiger partial charge in [0.2, 0.25) is 0 Å². The summed E-state index contributed by atoms with van der Waals surface area (Å²) in [6.07, 6.45) is 4.01. The van der Waals surface area contributed by atoms with E-state index in [0.717, 1.165) is 12.1 Å². The molecule has 1 heteroatoms. The Morgan fingerprint density at radius 1 is 1.25 bits per heavy atom. The van der Waals surface area contributed by atoms with Crippen LogP contribution in [0.4, 0.5) is 0 Å². The molecule has 0 aromatic heterocycles. The molecule has 1 saturated heterocycles. The second-order valence-electron chi connectivity index (χ2n) is 3.89. The Balaban J connectivity index is 0.000000354. The number of nitrogens with zero attached hydrogens (tertiary/aromatic N) is 1. The molecule has 1 rings (SSSR count). The van der Waals surface area contributed by atoms with Gasteiger partial charge >= 0.3 is 0 Å². The zero-order chi connectivity index (χ0) is 9.56. The SMILES string of the molecule is CCC.CCC1CCN1C(C)C. The molecule has 0 radical (unpaired) electrons. The first kappa shape index (κ1) is 12.0. The largest absolute Gasteiger partial charge is 0.298 e. The van der Waals surface area contributed by atoms with Gasteiger partial charge in [-0.1, -0.05) is 27.2 Å². The highest BCUT2D eigenvalue weighted by atomic mass is 15.2. The topological polar surface area (TPSA) is 3.24 Å². The Morgan fingerprint density at radius 3 is 1.83 bits per heavy atom. The first-order valence-corrected chi connectivity index (χ1v) is 5.43. The zero-order valence-corrected chi connectivity index (χ0v) is 9.43. The molecule has 0 N–H and O–H groups in total. The van der Waals surface area contributed by atoms with Gasteiger partial charge in [0.1, 0.15) is 0 Å². The van der Waals surface area contributed by atoms with E-state index in [2.05, 4.69) is 39.5 Å². The second-order valence-corrected chi connectivity index (χ2v) is 3.89. The lowest BCUT2D eigenvalue weighted by Gasteiger charge is -2.43. The van der Waals surface area contributed by atoms with Crippen LogP contribution in [0.3, 0.4) is 0 Å². The molecule has 0 aliphatic carbocycles. The van der Waals surface area contributed by atoms with E-state index in [1.54, 1.807) is 0 Å². The fraction of sp³-hybridized carbons (Fsp3) is 1.00. The Kier molecular flexibility index (Phi) is 6.45. The molecule has 12 heavy (non-hydrogen) atoms. The summed E-state index contributed by atoms with van der Waals surface area (Å²) in [4.78, 5) is 2.57. The molecule has 1 atom stereocenters. The molecule has 1 aliphatic heterocycles. The predicted octanol–water partition coefficient (Wildman–Crippen LogP) is 3.30. The maximum absolute atomic E-state index is 2.57. The van der Waals surface area contributed by atoms with Crippen molar-refractivity contribution < 1.29 is 0 Å². The van der Waals surface area contributed by atoms with E-state index >= 15 is 0 Å². The molecule has 1 nitrogen and oxygen atoms in total. The van der Waals surface area contributed by atoms with E-state index in [1.807, 2.05) is 0 Å². The number of hydrogen-bond acceptors (Lipinski definition) is 1. The maximum atomic E-state index is 2.57. The van der Waals surface area contributed by atoms with Gasteiger partial charge in [-0.15, -0.1) is 0 Å². The van der Waals surface area contributed by atoms with Crippen molar-refractivity contribution >= 4 is 0 Å². The molecule has 1 heterocycles. The smallest absolute Gasteiger partial charge is 0.0107 e. The highest BCUT2D eigenvalue weighted by Gasteiger charge is 2.27. The van der Waals surface area contributed by atoms with Gasteiger partial charge in [-0.3, -0.25) is 4.90 Å². The summed E-state index contributed by atoms with van der Waals surface area (Å²) in [5.74, 6) is 0. The fourth-order valence-corrected chi connectivity index (χ4v) is 1.58. The van der Waals surface area contributed by atoms with Crippen molar-refractivity contribution in [3.63, 3.8) is 0 Å². The molecule has 0 spiro atoms. The molecule has 0 amide bonds. The molecule has 0 saturated carbocycles. The number of likely N-dealkylation sites (tertiary alicyclic amines) is 1. The van der Waals surface area contributed by atoms with Gasteiger partial charge in [0, 0.05) is 18.6 Å². The average Bonchev–Trinajstić information content (AvgIpc) is 1.85. The van der Waals surface area contributed by atoms with Gasteiger partial charge in [-0.2, -0.15) is 0 Å². The molecular formula is C11H25N. The van der Waals surface area contributed by atoms with Crippen LogP contribution in [0.15, 0.2) is 0 Å². The molecule has 0 aromatic carbocycles. The van der Waals surface area contributed by atoms with Crippen molar-refractivity contribution in [2.75, 3.05) is 6.54 Å². The molecule has 0 bridgehead atoms. The van der Waals surface area contributed by atoms with E-state index in [0.29, 0.717) is 0 Å². The van der Waals surface area contributed by atoms with E-state index in [9.17, 15) is 0 Å². The molecule has 0 aromatic rings. The van der Waals surface area contributed by atoms with Gasteiger partial charge in [-0.05, 0) is 26.7 Å². The molecule has 74 valence electrons. The van der Waals surface area contributed by atoms with Crippen LogP contribution >= 0.6 is 0 Å². The standard InChI is InChI=1S/C8H17N.C3H8/c1-4-8-5-6-9(8)7(2)3;1-3-2/h7-8H,4-6H2,1-3H3;3H2,1-2H3. The number of hydrogen-bond donors (Lipinski definition) is 0. The maximum Gasteiger partial charge on any atom is 0.0107 e. The summed E-state index contributed by atoms with van der Waals surface area (Å²) in [5, 5.41) is 0. The summed E-state index contributed by atoms with van der Waals surface area (Å²) >= 11 is 0. The first-order valence-electron chi connectivity index (χ1n) is 5.43. The Labute approximate surface area is 78.1 Å². The predicted molar refractivity (Wildman–Crippen MR) is 56.5 cm³/mol. The summed E-state index contributed by atoms with van der Waals surface area (Å²) in [6, 6.07) is 1.67. The quantitative estimate of drug-likeness (QED) is 0.616. The average molecular weight is 171 g/mol. The Hall–Kier alpha value is -0.0400. The van der Waals surface area contributed by atoms with Crippen molar-refractivity contribution in [2.24, 2.45) is 0 Å². The summed E-state index contributed by atoms with van der Waals surface area (Å²) in [6.45, 7) is 12.4. The van der Waals surface area contributed by atoms with Crippen molar-refractivity contribution in [1.82, 2.24) is 4.90 Å². The van der Waals surface area contributed by atoms with Crippen LogP contribution in [-0.2, 0) is 0 Å². The molecule has 1 fully saturated rings. The van der Waals surface area contributed by atoms with Crippen LogP contribution in [0, 0.1) is 0 Å². The third-order valence-electron chi connectivity index (χ3n) is 2.32. The molecular weight excluding hydrogens is 146 g/mol. The van der Waals surface area contributed by atoms with E-state index in [4.69, 9.17) is 0 Å². The van der Waals surface area contributed by atoms with Crippen LogP contribution in [0.1, 0.15) is 53.9 Å². The summed E-state index contributed by atoms with van der Waals surface area (Å²) < 4.78 is 0. The lowest BCUT2D eigenvalue weighted by molar-refractivity contribution is 0.0542. The van der Waals surface area contributed by atoms with Gasteiger partial charge in [-0.25, -0.2) is 0 Å². The van der Waals surface area contributed by atoms with Crippen molar-refractivity contribution in [3.8, 4) is 0 Å². The van der Waals surface area contributed by atoms with E-state index in [-0.39, 0.29) is 0 Å². The van der Waals surface area contributed by atoms with Gasteiger partial charge < -0.3 is 0 Å². The monoisotopic (exact) mass is 171 g/mol. The van der Waals surface area contributed by atoms with Gasteiger partial charge in [0.15, 0.2) is 0 Å². The normalized spacial score (nSPS) is 23.0. The third kappa shape index (κ3) is 3.57. The van der Waals surface area contributed by atoms with Crippen LogP contribution in [0.2, 0.25) is 0 Å². The third-order valence-corrected chi connectivity index (χ3v) is 2.32. The van der Waals surface area contributed by atoms with Gasteiger partial charge in [0.05, 0.1) is 0 Å². The highest BCUT2D eigenvalue weighted by molar-refractivity contribution is 4.83. The van der Waals surface area contributed by atoms with E-state index < -0.39 is 0 Å². The first-order chi connectivity index (χ1) is 5.67. The van der Waals surface area contributed by atoms with Crippen molar-refractivity contribution in [2.45, 2.75) is 66.0 Å². The van der Waals surface area contributed by atoms with E-state index in [1.165, 1.54) is 25.8 Å². The second kappa shape index (κ2) is 6.47.